The second kappa shape index (κ2) is 8.36. The van der Waals surface area contributed by atoms with Gasteiger partial charge < -0.3 is 21.7 Å². The molecule has 11 heteroatoms. The Morgan fingerprint density at radius 2 is 2.00 bits per heavy atom. The first-order valence-corrected chi connectivity index (χ1v) is 10.3. The first-order chi connectivity index (χ1) is 14.4. The number of amides is 1. The third-order valence-corrected chi connectivity index (χ3v) is 5.81. The van der Waals surface area contributed by atoms with Crippen LogP contribution in [0, 0.1) is 11.6 Å². The maximum atomic E-state index is 14.1. The van der Waals surface area contributed by atoms with E-state index in [1.54, 1.807) is 11.7 Å². The van der Waals surface area contributed by atoms with Crippen molar-refractivity contribution in [3.8, 4) is 10.6 Å². The van der Waals surface area contributed by atoms with Gasteiger partial charge >= 0.3 is 0 Å². The number of carbonyl (C=O) groups excluding carboxylic acids is 1. The summed E-state index contributed by atoms with van der Waals surface area (Å²) in [6.07, 6.45) is 3.44. The number of thiazole rings is 1. The lowest BCUT2D eigenvalue weighted by atomic mass is 10.1. The first kappa shape index (κ1) is 20.2. The van der Waals surface area contributed by atoms with E-state index >= 15 is 0 Å². The molecule has 30 heavy (non-hydrogen) atoms. The third-order valence-electron chi connectivity index (χ3n) is 4.91. The van der Waals surface area contributed by atoms with Crippen molar-refractivity contribution in [1.82, 2.24) is 20.1 Å². The molecule has 1 fully saturated rings. The lowest BCUT2D eigenvalue weighted by Gasteiger charge is -2.25. The van der Waals surface area contributed by atoms with Gasteiger partial charge in [-0.15, -0.1) is 0 Å². The van der Waals surface area contributed by atoms with Crippen molar-refractivity contribution >= 4 is 33.8 Å². The summed E-state index contributed by atoms with van der Waals surface area (Å²) in [7, 11) is 1.77. The zero-order valence-corrected chi connectivity index (χ0v) is 17.0. The van der Waals surface area contributed by atoms with Crippen LogP contribution in [-0.2, 0) is 7.05 Å². The number of hydrogen-bond acceptors (Lipinski definition) is 7. The van der Waals surface area contributed by atoms with Crippen molar-refractivity contribution in [3.05, 3.63) is 41.7 Å². The van der Waals surface area contributed by atoms with Crippen LogP contribution in [0.1, 0.15) is 23.3 Å². The van der Waals surface area contributed by atoms with Crippen LogP contribution in [-0.4, -0.2) is 39.8 Å². The highest BCUT2D eigenvalue weighted by Crippen LogP contribution is 2.34. The molecule has 1 aliphatic rings. The van der Waals surface area contributed by atoms with E-state index in [1.165, 1.54) is 12.3 Å². The molecule has 1 aliphatic heterocycles. The summed E-state index contributed by atoms with van der Waals surface area (Å²) in [5, 5.41) is 13.7. The molecular formula is C19H21F2N7OS. The molecule has 8 nitrogen and oxygen atoms in total. The number of aromatic nitrogens is 3. The number of aryl methyl sites for hydroxylation is 1. The smallest absolute Gasteiger partial charge is 0.277 e. The molecule has 3 aromatic rings. The Balaban J connectivity index is 1.56. The highest BCUT2D eigenvalue weighted by atomic mass is 32.1. The van der Waals surface area contributed by atoms with E-state index in [0.717, 1.165) is 49.4 Å². The standard InChI is InChI=1S/C19H21F2N7OS/c1-28-17(25-10-5-7-23-8-6-10)13(9-24-28)26-18(29)15-16(22)30-19(27-15)14-11(20)3-2-4-12(14)21/h2-4,9-10,23,25H,5-8,22H2,1H3,(H,26,29). The molecular weight excluding hydrogens is 412 g/mol. The molecule has 3 heterocycles. The minimum Gasteiger partial charge on any atom is -0.389 e. The first-order valence-electron chi connectivity index (χ1n) is 9.45. The minimum atomic E-state index is -0.767. The SMILES string of the molecule is Cn1ncc(NC(=O)c2nc(-c3c(F)cccc3F)sc2N)c1NC1CCNCC1. The number of rotatable bonds is 5. The Bertz CT molecular complexity index is 1050. The Hall–Kier alpha value is -3.05. The second-order valence-electron chi connectivity index (χ2n) is 6.98. The van der Waals surface area contributed by atoms with E-state index < -0.39 is 17.5 Å². The highest BCUT2D eigenvalue weighted by molar-refractivity contribution is 7.19. The fraction of sp³-hybridized carbons (Fsp3) is 0.316. The quantitative estimate of drug-likeness (QED) is 0.493. The highest BCUT2D eigenvalue weighted by Gasteiger charge is 2.23. The topological polar surface area (TPSA) is 110 Å². The summed E-state index contributed by atoms with van der Waals surface area (Å²) in [6, 6.07) is 3.78. The lowest BCUT2D eigenvalue weighted by Crippen LogP contribution is -2.36. The molecule has 0 bridgehead atoms. The van der Waals surface area contributed by atoms with Crippen molar-refractivity contribution in [3.63, 3.8) is 0 Å². The van der Waals surface area contributed by atoms with Gasteiger partial charge in [0.05, 0.1) is 11.8 Å². The molecule has 0 aliphatic carbocycles. The summed E-state index contributed by atoms with van der Waals surface area (Å²) in [5.74, 6) is -1.44. The predicted molar refractivity (Wildman–Crippen MR) is 113 cm³/mol. The number of nitrogens with one attached hydrogen (secondary N) is 3. The van der Waals surface area contributed by atoms with Crippen molar-refractivity contribution in [2.75, 3.05) is 29.5 Å². The molecule has 2 aromatic heterocycles. The van der Waals surface area contributed by atoms with Crippen LogP contribution in [0.2, 0.25) is 0 Å². The fourth-order valence-electron chi connectivity index (χ4n) is 3.34. The van der Waals surface area contributed by atoms with Crippen LogP contribution in [0.5, 0.6) is 0 Å². The van der Waals surface area contributed by atoms with Gasteiger partial charge in [-0.1, -0.05) is 17.4 Å². The number of hydrogen-bond donors (Lipinski definition) is 4. The van der Waals surface area contributed by atoms with E-state index in [2.05, 4.69) is 26.0 Å². The van der Waals surface area contributed by atoms with Gasteiger partial charge in [-0.3, -0.25) is 9.48 Å². The molecule has 1 amide bonds. The molecule has 0 spiro atoms. The monoisotopic (exact) mass is 433 g/mol. The minimum absolute atomic E-state index is 0.00694. The van der Waals surface area contributed by atoms with Crippen LogP contribution in [0.25, 0.3) is 10.6 Å². The van der Waals surface area contributed by atoms with E-state index in [-0.39, 0.29) is 27.3 Å². The lowest BCUT2D eigenvalue weighted by molar-refractivity contribution is 0.102. The van der Waals surface area contributed by atoms with Gasteiger partial charge in [0.2, 0.25) is 0 Å². The van der Waals surface area contributed by atoms with Gasteiger partial charge in [-0.2, -0.15) is 5.10 Å². The summed E-state index contributed by atoms with van der Waals surface area (Å²) in [6.45, 7) is 1.84. The van der Waals surface area contributed by atoms with Crippen LogP contribution >= 0.6 is 11.3 Å². The molecule has 0 unspecified atom stereocenters. The van der Waals surface area contributed by atoms with E-state index in [1.807, 2.05) is 0 Å². The Labute approximate surface area is 175 Å². The van der Waals surface area contributed by atoms with Crippen LogP contribution in [0.15, 0.2) is 24.4 Å². The molecule has 0 atom stereocenters. The number of carbonyl (C=O) groups is 1. The summed E-state index contributed by atoms with van der Waals surface area (Å²) < 4.78 is 29.8. The van der Waals surface area contributed by atoms with E-state index in [9.17, 15) is 13.6 Å². The molecule has 1 saturated heterocycles. The maximum absolute atomic E-state index is 14.1. The molecule has 0 saturated carbocycles. The normalized spacial score (nSPS) is 14.6. The molecule has 5 N–H and O–H groups in total. The zero-order chi connectivity index (χ0) is 21.3. The van der Waals surface area contributed by atoms with Gasteiger partial charge in [0.1, 0.15) is 33.1 Å². The van der Waals surface area contributed by atoms with Crippen LogP contribution in [0.3, 0.4) is 0 Å². The summed E-state index contributed by atoms with van der Waals surface area (Å²) >= 11 is 0.855. The molecule has 1 aromatic carbocycles. The van der Waals surface area contributed by atoms with Gasteiger partial charge in [0.15, 0.2) is 5.69 Å². The predicted octanol–water partition coefficient (Wildman–Crippen LogP) is 2.82. The van der Waals surface area contributed by atoms with Gasteiger partial charge in [-0.05, 0) is 38.1 Å². The number of nitrogen functional groups attached to an aromatic ring is 1. The summed E-state index contributed by atoms with van der Waals surface area (Å²) in [5.41, 5.74) is 6.02. The third kappa shape index (κ3) is 3.98. The van der Waals surface area contributed by atoms with E-state index in [4.69, 9.17) is 5.73 Å². The Morgan fingerprint density at radius 3 is 2.70 bits per heavy atom. The molecule has 158 valence electrons. The second-order valence-corrected chi connectivity index (χ2v) is 8.01. The van der Waals surface area contributed by atoms with Crippen LogP contribution in [0.4, 0.5) is 25.3 Å². The van der Waals surface area contributed by atoms with Crippen molar-refractivity contribution in [2.24, 2.45) is 7.05 Å². The Kier molecular flexibility index (Phi) is 5.64. The largest absolute Gasteiger partial charge is 0.389 e. The number of nitrogens with two attached hydrogens (primary N) is 1. The van der Waals surface area contributed by atoms with E-state index in [0.29, 0.717) is 11.5 Å². The van der Waals surface area contributed by atoms with Gasteiger partial charge in [0, 0.05) is 13.1 Å². The van der Waals surface area contributed by atoms with Crippen molar-refractivity contribution in [2.45, 2.75) is 18.9 Å². The molecule has 0 radical (unpaired) electrons. The van der Waals surface area contributed by atoms with Crippen LogP contribution < -0.4 is 21.7 Å². The Morgan fingerprint density at radius 1 is 1.30 bits per heavy atom. The average molecular weight is 433 g/mol. The van der Waals surface area contributed by atoms with Crippen molar-refractivity contribution in [1.29, 1.82) is 0 Å². The maximum Gasteiger partial charge on any atom is 0.277 e. The zero-order valence-electron chi connectivity index (χ0n) is 16.2. The summed E-state index contributed by atoms with van der Waals surface area (Å²) in [4.78, 5) is 16.9. The van der Waals surface area contributed by atoms with Crippen molar-refractivity contribution < 1.29 is 13.6 Å². The van der Waals surface area contributed by atoms with Gasteiger partial charge in [-0.25, -0.2) is 13.8 Å². The average Bonchev–Trinajstić information content (AvgIpc) is 3.26. The number of halogens is 2. The number of piperidine rings is 1. The number of nitrogens with zero attached hydrogens (tertiary/aromatic N) is 3. The molecule has 4 rings (SSSR count). The fourth-order valence-corrected chi connectivity index (χ4v) is 4.22. The van der Waals surface area contributed by atoms with Gasteiger partial charge in [0.25, 0.3) is 5.91 Å². The number of anilines is 3. The number of benzene rings is 1.